The first-order valence-electron chi connectivity index (χ1n) is 4.49. The number of nitrogen functional groups attached to an aromatic ring is 1. The van der Waals surface area contributed by atoms with Crippen LogP contribution in [0.4, 0.5) is 10.1 Å². The molecule has 0 bridgehead atoms. The van der Waals surface area contributed by atoms with Crippen molar-refractivity contribution in [2.75, 3.05) is 5.73 Å². The second kappa shape index (κ2) is 4.37. The lowest BCUT2D eigenvalue weighted by Gasteiger charge is -2.07. The molecule has 1 heterocycles. The molecule has 0 saturated carbocycles. The average Bonchev–Trinajstić information content (AvgIpc) is 2.27. The van der Waals surface area contributed by atoms with Crippen LogP contribution in [0.2, 0.25) is 5.02 Å². The minimum Gasteiger partial charge on any atom is -0.455 e. The van der Waals surface area contributed by atoms with E-state index < -0.39 is 5.82 Å². The summed E-state index contributed by atoms with van der Waals surface area (Å²) < 4.78 is 18.5. The van der Waals surface area contributed by atoms with Crippen LogP contribution in [-0.4, -0.2) is 4.98 Å². The van der Waals surface area contributed by atoms with Gasteiger partial charge in [0.05, 0.1) is 16.9 Å². The Hall–Kier alpha value is -1.81. The summed E-state index contributed by atoms with van der Waals surface area (Å²) in [6.45, 7) is 0. The summed E-state index contributed by atoms with van der Waals surface area (Å²) in [6.07, 6.45) is 3.00. The SMILES string of the molecule is Nc1cnccc1Oc1ccc(Cl)c(F)c1. The van der Waals surface area contributed by atoms with Crippen LogP contribution >= 0.6 is 11.6 Å². The molecule has 16 heavy (non-hydrogen) atoms. The van der Waals surface area contributed by atoms with Gasteiger partial charge in [-0.15, -0.1) is 0 Å². The molecule has 0 fully saturated rings. The number of benzene rings is 1. The van der Waals surface area contributed by atoms with Gasteiger partial charge in [-0.2, -0.15) is 0 Å². The van der Waals surface area contributed by atoms with Gasteiger partial charge in [-0.3, -0.25) is 4.98 Å². The summed E-state index contributed by atoms with van der Waals surface area (Å²) in [5, 5.41) is 0.0510. The van der Waals surface area contributed by atoms with Crippen molar-refractivity contribution in [3.8, 4) is 11.5 Å². The fourth-order valence-electron chi connectivity index (χ4n) is 1.15. The third-order valence-electron chi connectivity index (χ3n) is 1.93. The molecule has 0 unspecified atom stereocenters. The number of hydrogen-bond donors (Lipinski definition) is 1. The van der Waals surface area contributed by atoms with Crippen LogP contribution in [0, 0.1) is 5.82 Å². The zero-order chi connectivity index (χ0) is 11.5. The van der Waals surface area contributed by atoms with Crippen molar-refractivity contribution < 1.29 is 9.13 Å². The van der Waals surface area contributed by atoms with E-state index in [-0.39, 0.29) is 5.02 Å². The number of nitrogens with zero attached hydrogens (tertiary/aromatic N) is 1. The molecule has 0 atom stereocenters. The minimum atomic E-state index is -0.535. The molecule has 2 N–H and O–H groups in total. The Morgan fingerprint density at radius 2 is 2.12 bits per heavy atom. The molecule has 5 heteroatoms. The molecule has 0 aliphatic carbocycles. The van der Waals surface area contributed by atoms with Crippen LogP contribution in [0.25, 0.3) is 0 Å². The highest BCUT2D eigenvalue weighted by Gasteiger charge is 2.04. The molecule has 1 aromatic heterocycles. The molecule has 2 aromatic rings. The van der Waals surface area contributed by atoms with Crippen LogP contribution in [-0.2, 0) is 0 Å². The summed E-state index contributed by atoms with van der Waals surface area (Å²) in [5.41, 5.74) is 6.02. The van der Waals surface area contributed by atoms with Gasteiger partial charge in [-0.05, 0) is 12.1 Å². The summed E-state index contributed by atoms with van der Waals surface area (Å²) in [7, 11) is 0. The Morgan fingerprint density at radius 1 is 1.31 bits per heavy atom. The quantitative estimate of drug-likeness (QED) is 0.874. The number of ether oxygens (including phenoxy) is 1. The van der Waals surface area contributed by atoms with Gasteiger partial charge in [0.1, 0.15) is 11.6 Å². The van der Waals surface area contributed by atoms with Crippen molar-refractivity contribution in [3.63, 3.8) is 0 Å². The van der Waals surface area contributed by atoms with Gasteiger partial charge < -0.3 is 10.5 Å². The molecule has 0 radical (unpaired) electrons. The second-order valence-corrected chi connectivity index (χ2v) is 3.50. The van der Waals surface area contributed by atoms with Gasteiger partial charge in [0.15, 0.2) is 5.75 Å². The van der Waals surface area contributed by atoms with Crippen molar-refractivity contribution in [3.05, 3.63) is 47.5 Å². The average molecular weight is 239 g/mol. The van der Waals surface area contributed by atoms with E-state index in [1.807, 2.05) is 0 Å². The van der Waals surface area contributed by atoms with Crippen LogP contribution in [0.15, 0.2) is 36.7 Å². The van der Waals surface area contributed by atoms with Crippen LogP contribution < -0.4 is 10.5 Å². The van der Waals surface area contributed by atoms with Crippen molar-refractivity contribution in [2.24, 2.45) is 0 Å². The third-order valence-corrected chi connectivity index (χ3v) is 2.24. The largest absolute Gasteiger partial charge is 0.455 e. The molecule has 0 saturated heterocycles. The third kappa shape index (κ3) is 2.23. The van der Waals surface area contributed by atoms with E-state index in [4.69, 9.17) is 22.1 Å². The minimum absolute atomic E-state index is 0.0510. The number of nitrogens with two attached hydrogens (primary N) is 1. The standard InChI is InChI=1S/C11H8ClFN2O/c12-8-2-1-7(5-9(8)13)16-11-3-4-15-6-10(11)14/h1-6H,14H2. The zero-order valence-corrected chi connectivity index (χ0v) is 8.91. The van der Waals surface area contributed by atoms with E-state index >= 15 is 0 Å². The molecule has 0 aliphatic heterocycles. The smallest absolute Gasteiger partial charge is 0.153 e. The number of aromatic nitrogens is 1. The van der Waals surface area contributed by atoms with Crippen LogP contribution in [0.5, 0.6) is 11.5 Å². The molecule has 0 spiro atoms. The lowest BCUT2D eigenvalue weighted by Crippen LogP contribution is -1.93. The molecule has 3 nitrogen and oxygen atoms in total. The van der Waals surface area contributed by atoms with E-state index in [2.05, 4.69) is 4.98 Å². The van der Waals surface area contributed by atoms with Crippen molar-refractivity contribution in [2.45, 2.75) is 0 Å². The summed E-state index contributed by atoms with van der Waals surface area (Å²) in [4.78, 5) is 3.82. The lowest BCUT2D eigenvalue weighted by atomic mass is 10.3. The Bertz CT molecular complexity index is 519. The van der Waals surface area contributed by atoms with E-state index in [1.165, 1.54) is 24.5 Å². The number of pyridine rings is 1. The van der Waals surface area contributed by atoms with Crippen molar-refractivity contribution in [1.82, 2.24) is 4.98 Å². The molecular formula is C11H8ClFN2O. The summed E-state index contributed by atoms with van der Waals surface area (Å²) in [6, 6.07) is 5.78. The number of rotatable bonds is 2. The summed E-state index contributed by atoms with van der Waals surface area (Å²) in [5.74, 6) is 0.225. The highest BCUT2D eigenvalue weighted by molar-refractivity contribution is 6.30. The molecule has 0 amide bonds. The number of halogens is 2. The number of anilines is 1. The molecule has 0 aliphatic rings. The first-order chi connectivity index (χ1) is 7.66. The van der Waals surface area contributed by atoms with Crippen LogP contribution in [0.1, 0.15) is 0 Å². The Balaban J connectivity index is 2.28. The van der Waals surface area contributed by atoms with Crippen molar-refractivity contribution in [1.29, 1.82) is 0 Å². The van der Waals surface area contributed by atoms with Gasteiger partial charge in [-0.25, -0.2) is 4.39 Å². The van der Waals surface area contributed by atoms with Gasteiger partial charge in [0.2, 0.25) is 0 Å². The first-order valence-corrected chi connectivity index (χ1v) is 4.87. The second-order valence-electron chi connectivity index (χ2n) is 3.09. The maximum atomic E-state index is 13.1. The predicted molar refractivity (Wildman–Crippen MR) is 60.1 cm³/mol. The van der Waals surface area contributed by atoms with Crippen molar-refractivity contribution >= 4 is 17.3 Å². The Labute approximate surface area is 96.6 Å². The van der Waals surface area contributed by atoms with Gasteiger partial charge in [0, 0.05) is 18.3 Å². The van der Waals surface area contributed by atoms with E-state index in [0.29, 0.717) is 17.2 Å². The molecular weight excluding hydrogens is 231 g/mol. The Kier molecular flexibility index (Phi) is 2.92. The molecule has 1 aromatic carbocycles. The van der Waals surface area contributed by atoms with Gasteiger partial charge in [-0.1, -0.05) is 11.6 Å². The van der Waals surface area contributed by atoms with Gasteiger partial charge >= 0.3 is 0 Å². The maximum absolute atomic E-state index is 13.1. The maximum Gasteiger partial charge on any atom is 0.153 e. The monoisotopic (exact) mass is 238 g/mol. The molecule has 82 valence electrons. The van der Waals surface area contributed by atoms with Gasteiger partial charge in [0.25, 0.3) is 0 Å². The highest BCUT2D eigenvalue weighted by Crippen LogP contribution is 2.28. The predicted octanol–water partition coefficient (Wildman–Crippen LogP) is 3.25. The normalized spacial score (nSPS) is 10.1. The Morgan fingerprint density at radius 3 is 2.81 bits per heavy atom. The zero-order valence-electron chi connectivity index (χ0n) is 8.15. The van der Waals surface area contributed by atoms with E-state index in [1.54, 1.807) is 12.1 Å². The highest BCUT2D eigenvalue weighted by atomic mass is 35.5. The first kappa shape index (κ1) is 10.7. The van der Waals surface area contributed by atoms with E-state index in [0.717, 1.165) is 0 Å². The van der Waals surface area contributed by atoms with Crippen LogP contribution in [0.3, 0.4) is 0 Å². The fourth-order valence-corrected chi connectivity index (χ4v) is 1.27. The molecule has 2 rings (SSSR count). The number of hydrogen-bond acceptors (Lipinski definition) is 3. The fraction of sp³-hybridized carbons (Fsp3) is 0. The topological polar surface area (TPSA) is 48.1 Å². The lowest BCUT2D eigenvalue weighted by molar-refractivity contribution is 0.478. The van der Waals surface area contributed by atoms with E-state index in [9.17, 15) is 4.39 Å². The summed E-state index contributed by atoms with van der Waals surface area (Å²) >= 11 is 5.55.